The van der Waals surface area contributed by atoms with Crippen LogP contribution in [0, 0.1) is 0 Å². The molecule has 0 aromatic carbocycles. The van der Waals surface area contributed by atoms with E-state index in [-0.39, 0.29) is 26.4 Å². The normalized spacial score (nSPS) is 11.0. The van der Waals surface area contributed by atoms with Crippen LogP contribution in [0.2, 0.25) is 0 Å². The van der Waals surface area contributed by atoms with E-state index in [2.05, 4.69) is 11.1 Å². The van der Waals surface area contributed by atoms with Gasteiger partial charge in [0.05, 0.1) is 26.4 Å². The first-order valence-corrected chi connectivity index (χ1v) is 13.4. The van der Waals surface area contributed by atoms with Gasteiger partial charge >= 0.3 is 10.4 Å². The van der Waals surface area contributed by atoms with Crippen molar-refractivity contribution in [2.45, 2.75) is 85.0 Å². The minimum atomic E-state index is -4.23. The molecule has 0 aliphatic heterocycles. The molecule has 0 unspecified atom stereocenters. The molecule has 0 aliphatic carbocycles. The molecular weight excluding hydrogens is 438 g/mol. The van der Waals surface area contributed by atoms with Gasteiger partial charge in [0, 0.05) is 32.8 Å². The Labute approximate surface area is 197 Å². The van der Waals surface area contributed by atoms with Crippen LogP contribution in [-0.2, 0) is 19.3 Å². The molecule has 0 fully saturated rings. The third-order valence-corrected chi connectivity index (χ3v) is 4.85. The first kappa shape index (κ1) is 36.2. The van der Waals surface area contributed by atoms with Crippen molar-refractivity contribution in [3.63, 3.8) is 0 Å². The van der Waals surface area contributed by atoms with E-state index >= 15 is 0 Å². The number of nitrogens with zero attached hydrogens (tertiary/aromatic N) is 1. The molecule has 0 rings (SSSR count). The van der Waals surface area contributed by atoms with E-state index in [0.717, 1.165) is 26.1 Å². The number of hydrogen-bond acceptors (Lipinski definition) is 8. The second kappa shape index (κ2) is 30.7. The minimum Gasteiger partial charge on any atom is -0.395 e. The van der Waals surface area contributed by atoms with Gasteiger partial charge in [-0.2, -0.15) is 8.42 Å². The predicted octanol–water partition coefficient (Wildman–Crippen LogP) is 3.03. The van der Waals surface area contributed by atoms with Crippen LogP contribution >= 0.6 is 0 Å². The molecule has 0 aromatic rings. The number of rotatable bonds is 20. The van der Waals surface area contributed by atoms with Crippen molar-refractivity contribution in [1.29, 1.82) is 0 Å². The molecule has 9 nitrogen and oxygen atoms in total. The zero-order valence-electron chi connectivity index (χ0n) is 20.7. The summed E-state index contributed by atoms with van der Waals surface area (Å²) in [4.78, 5) is 1.79. The van der Waals surface area contributed by atoms with Gasteiger partial charge < -0.3 is 20.1 Å². The summed E-state index contributed by atoms with van der Waals surface area (Å²) >= 11 is 0. The third kappa shape index (κ3) is 40.1. The molecule has 0 radical (unpaired) electrons. The summed E-state index contributed by atoms with van der Waals surface area (Å²) in [6.45, 7) is 9.73. The standard InChI is InChI=1S/C12H26O4S.C6H15NO3.C4H10O/c1-2-3-4-5-6-7-8-9-10-11-12-16-17(13,14)15;8-4-1-7(2-5-9)3-6-10;1-3-5-4-2/h2-12H2,1H3,(H,13,14,15);8-10H,1-6H2;3-4H2,1-2H3. The Morgan fingerprint density at radius 1 is 0.656 bits per heavy atom. The molecule has 32 heavy (non-hydrogen) atoms. The van der Waals surface area contributed by atoms with Crippen LogP contribution < -0.4 is 0 Å². The first-order valence-electron chi connectivity index (χ1n) is 12.1. The number of unbranched alkanes of at least 4 members (excludes halogenated alkanes) is 9. The fourth-order valence-electron chi connectivity index (χ4n) is 2.72. The van der Waals surface area contributed by atoms with Crippen molar-refractivity contribution < 1.29 is 37.2 Å². The molecule has 0 heterocycles. The van der Waals surface area contributed by atoms with E-state index < -0.39 is 10.4 Å². The monoisotopic (exact) mass is 489 g/mol. The molecular formula is C22H51NO8S. The van der Waals surface area contributed by atoms with Gasteiger partial charge in [0.1, 0.15) is 0 Å². The lowest BCUT2D eigenvalue weighted by Crippen LogP contribution is -2.32. The molecule has 0 spiro atoms. The summed E-state index contributed by atoms with van der Waals surface area (Å²) in [6, 6.07) is 0. The average Bonchev–Trinajstić information content (AvgIpc) is 2.73. The molecule has 0 amide bonds. The fraction of sp³-hybridized carbons (Fsp3) is 1.00. The van der Waals surface area contributed by atoms with Crippen molar-refractivity contribution in [2.75, 3.05) is 59.3 Å². The Bertz CT molecular complexity index is 408. The van der Waals surface area contributed by atoms with Crippen LogP contribution in [0.5, 0.6) is 0 Å². The van der Waals surface area contributed by atoms with E-state index in [4.69, 9.17) is 24.6 Å². The highest BCUT2D eigenvalue weighted by Crippen LogP contribution is 2.10. The smallest absolute Gasteiger partial charge is 0.395 e. The van der Waals surface area contributed by atoms with E-state index in [9.17, 15) is 8.42 Å². The SMILES string of the molecule is CCCCCCCCCCCCOS(=O)(=O)O.CCOCC.OCCN(CCO)CCO. The van der Waals surface area contributed by atoms with Crippen LogP contribution in [-0.4, -0.2) is 92.5 Å². The number of hydrogen-bond donors (Lipinski definition) is 4. The Balaban J connectivity index is -0.000000471. The highest BCUT2D eigenvalue weighted by molar-refractivity contribution is 7.80. The average molecular weight is 490 g/mol. The van der Waals surface area contributed by atoms with Crippen LogP contribution in [0.1, 0.15) is 85.0 Å². The van der Waals surface area contributed by atoms with Gasteiger partial charge in [-0.25, -0.2) is 4.18 Å². The van der Waals surface area contributed by atoms with Crippen molar-refractivity contribution >= 4 is 10.4 Å². The maximum atomic E-state index is 10.2. The van der Waals surface area contributed by atoms with E-state index in [1.807, 2.05) is 13.8 Å². The fourth-order valence-corrected chi connectivity index (χ4v) is 3.05. The van der Waals surface area contributed by atoms with Crippen LogP contribution in [0.25, 0.3) is 0 Å². The highest BCUT2D eigenvalue weighted by Gasteiger charge is 2.02. The van der Waals surface area contributed by atoms with Gasteiger partial charge in [0.15, 0.2) is 0 Å². The van der Waals surface area contributed by atoms with Gasteiger partial charge in [-0.3, -0.25) is 9.45 Å². The van der Waals surface area contributed by atoms with E-state index in [1.54, 1.807) is 4.90 Å². The lowest BCUT2D eigenvalue weighted by atomic mass is 10.1. The Morgan fingerprint density at radius 2 is 1.03 bits per heavy atom. The van der Waals surface area contributed by atoms with Gasteiger partial charge in [-0.05, 0) is 20.3 Å². The number of aliphatic hydroxyl groups excluding tert-OH is 3. The zero-order chi connectivity index (χ0) is 24.9. The highest BCUT2D eigenvalue weighted by atomic mass is 32.3. The lowest BCUT2D eigenvalue weighted by molar-refractivity contribution is 0.136. The van der Waals surface area contributed by atoms with Crippen LogP contribution in [0.3, 0.4) is 0 Å². The van der Waals surface area contributed by atoms with E-state index in [0.29, 0.717) is 26.1 Å². The molecule has 0 aliphatic rings. The summed E-state index contributed by atoms with van der Waals surface area (Å²) in [6.07, 6.45) is 11.9. The number of aliphatic hydroxyl groups is 3. The topological polar surface area (TPSA) is 137 Å². The molecule has 0 bridgehead atoms. The molecule has 0 saturated carbocycles. The van der Waals surface area contributed by atoms with Gasteiger partial charge in [-0.15, -0.1) is 0 Å². The Hall–Kier alpha value is -0.330. The Morgan fingerprint density at radius 3 is 1.31 bits per heavy atom. The second-order valence-corrected chi connectivity index (χ2v) is 8.32. The predicted molar refractivity (Wildman–Crippen MR) is 129 cm³/mol. The molecule has 4 N–H and O–H groups in total. The van der Waals surface area contributed by atoms with Gasteiger partial charge in [0.2, 0.25) is 0 Å². The molecule has 0 aromatic heterocycles. The van der Waals surface area contributed by atoms with Crippen molar-refractivity contribution in [1.82, 2.24) is 4.90 Å². The maximum Gasteiger partial charge on any atom is 0.397 e. The van der Waals surface area contributed by atoms with Crippen molar-refractivity contribution in [3.8, 4) is 0 Å². The summed E-state index contributed by atoms with van der Waals surface area (Å²) in [5.74, 6) is 0. The maximum absolute atomic E-state index is 10.2. The zero-order valence-corrected chi connectivity index (χ0v) is 21.5. The van der Waals surface area contributed by atoms with Crippen LogP contribution in [0.15, 0.2) is 0 Å². The second-order valence-electron chi connectivity index (χ2n) is 7.23. The quantitative estimate of drug-likeness (QED) is 0.150. The molecule has 0 saturated heterocycles. The molecule has 10 heteroatoms. The molecule has 198 valence electrons. The Kier molecular flexibility index (Phi) is 34.7. The summed E-state index contributed by atoms with van der Waals surface area (Å²) in [5.41, 5.74) is 0. The number of ether oxygens (including phenoxy) is 1. The van der Waals surface area contributed by atoms with E-state index in [1.165, 1.54) is 44.9 Å². The largest absolute Gasteiger partial charge is 0.397 e. The first-order chi connectivity index (χ1) is 15.3. The van der Waals surface area contributed by atoms with Crippen molar-refractivity contribution in [2.24, 2.45) is 0 Å². The third-order valence-electron chi connectivity index (χ3n) is 4.39. The summed E-state index contributed by atoms with van der Waals surface area (Å²) in [5, 5.41) is 25.5. The van der Waals surface area contributed by atoms with Crippen LogP contribution in [0.4, 0.5) is 0 Å². The van der Waals surface area contributed by atoms with Crippen molar-refractivity contribution in [3.05, 3.63) is 0 Å². The molecule has 0 atom stereocenters. The summed E-state index contributed by atoms with van der Waals surface area (Å²) < 4.78 is 37.8. The van der Waals surface area contributed by atoms with Gasteiger partial charge in [0.25, 0.3) is 0 Å². The summed E-state index contributed by atoms with van der Waals surface area (Å²) in [7, 11) is -4.23. The minimum absolute atomic E-state index is 0.0694. The van der Waals surface area contributed by atoms with Gasteiger partial charge in [-0.1, -0.05) is 64.7 Å². The lowest BCUT2D eigenvalue weighted by Gasteiger charge is -2.17.